The average Bonchev–Trinajstić information content (AvgIpc) is 2.39. The molecule has 1 aliphatic carbocycles. The van der Waals surface area contributed by atoms with Gasteiger partial charge in [0.15, 0.2) is 0 Å². The number of hydrogen-bond donors (Lipinski definition) is 0. The molecule has 2 rings (SSSR count). The van der Waals surface area contributed by atoms with Gasteiger partial charge in [-0.1, -0.05) is 20.3 Å². The van der Waals surface area contributed by atoms with E-state index >= 15 is 0 Å². The van der Waals surface area contributed by atoms with Crippen molar-refractivity contribution >= 4 is 5.97 Å². The summed E-state index contributed by atoms with van der Waals surface area (Å²) in [4.78, 5) is 13.9. The summed E-state index contributed by atoms with van der Waals surface area (Å²) in [5.74, 6) is 1.99. The van der Waals surface area contributed by atoms with Gasteiger partial charge in [0.25, 0.3) is 0 Å². The SMILES string of the molecule is CC1CCC(COC(=O)CN2CCOCC2)C(C)C1. The van der Waals surface area contributed by atoms with Gasteiger partial charge in [-0.25, -0.2) is 0 Å². The van der Waals surface area contributed by atoms with E-state index in [1.165, 1.54) is 19.3 Å². The number of nitrogens with zero attached hydrogens (tertiary/aromatic N) is 1. The van der Waals surface area contributed by atoms with Gasteiger partial charge in [-0.05, 0) is 30.6 Å². The molecular weight excluding hydrogens is 242 g/mol. The van der Waals surface area contributed by atoms with Crippen LogP contribution in [0.5, 0.6) is 0 Å². The zero-order chi connectivity index (χ0) is 13.7. The van der Waals surface area contributed by atoms with Gasteiger partial charge in [0, 0.05) is 13.1 Å². The van der Waals surface area contributed by atoms with Gasteiger partial charge in [0.05, 0.1) is 26.4 Å². The van der Waals surface area contributed by atoms with Crippen LogP contribution < -0.4 is 0 Å². The second kappa shape index (κ2) is 7.25. The fourth-order valence-electron chi connectivity index (χ4n) is 3.16. The topological polar surface area (TPSA) is 38.8 Å². The lowest BCUT2D eigenvalue weighted by molar-refractivity contribution is -0.148. The number of ether oxygens (including phenoxy) is 2. The van der Waals surface area contributed by atoms with E-state index in [1.54, 1.807) is 0 Å². The summed E-state index contributed by atoms with van der Waals surface area (Å²) in [7, 11) is 0. The van der Waals surface area contributed by atoms with E-state index in [1.807, 2.05) is 0 Å². The lowest BCUT2D eigenvalue weighted by Gasteiger charge is -2.32. The smallest absolute Gasteiger partial charge is 0.320 e. The number of morpholine rings is 1. The fraction of sp³-hybridized carbons (Fsp3) is 0.933. The molecule has 0 amide bonds. The highest BCUT2D eigenvalue weighted by atomic mass is 16.5. The van der Waals surface area contributed by atoms with Crippen molar-refractivity contribution in [1.82, 2.24) is 4.90 Å². The van der Waals surface area contributed by atoms with Crippen LogP contribution in [0, 0.1) is 17.8 Å². The molecule has 3 unspecified atom stereocenters. The minimum Gasteiger partial charge on any atom is -0.464 e. The third kappa shape index (κ3) is 4.77. The highest BCUT2D eigenvalue weighted by Gasteiger charge is 2.26. The molecule has 0 aromatic rings. The number of esters is 1. The van der Waals surface area contributed by atoms with E-state index in [9.17, 15) is 4.79 Å². The molecule has 2 fully saturated rings. The Bertz CT molecular complexity index is 289. The molecule has 1 saturated heterocycles. The zero-order valence-corrected chi connectivity index (χ0v) is 12.3. The van der Waals surface area contributed by atoms with E-state index in [-0.39, 0.29) is 5.97 Å². The summed E-state index contributed by atoms with van der Waals surface area (Å²) < 4.78 is 10.7. The Morgan fingerprint density at radius 1 is 1.26 bits per heavy atom. The predicted molar refractivity (Wildman–Crippen MR) is 73.9 cm³/mol. The molecule has 2 aliphatic rings. The molecule has 0 radical (unpaired) electrons. The first-order valence-corrected chi connectivity index (χ1v) is 7.61. The third-order valence-corrected chi connectivity index (χ3v) is 4.52. The Hall–Kier alpha value is -0.610. The van der Waals surface area contributed by atoms with Crippen LogP contribution in [0.4, 0.5) is 0 Å². The maximum Gasteiger partial charge on any atom is 0.320 e. The molecule has 4 nitrogen and oxygen atoms in total. The standard InChI is InChI=1S/C15H27NO3/c1-12-3-4-14(13(2)9-12)11-19-15(17)10-16-5-7-18-8-6-16/h12-14H,3-11H2,1-2H3. The van der Waals surface area contributed by atoms with Crippen molar-refractivity contribution in [3.05, 3.63) is 0 Å². The van der Waals surface area contributed by atoms with Crippen LogP contribution in [-0.4, -0.2) is 50.3 Å². The first-order valence-electron chi connectivity index (χ1n) is 7.61. The summed E-state index contributed by atoms with van der Waals surface area (Å²) >= 11 is 0. The van der Waals surface area contributed by atoms with E-state index in [4.69, 9.17) is 9.47 Å². The molecule has 0 bridgehead atoms. The summed E-state index contributed by atoms with van der Waals surface area (Å²) in [6, 6.07) is 0. The first-order chi connectivity index (χ1) is 9.15. The van der Waals surface area contributed by atoms with Crippen molar-refractivity contribution in [2.45, 2.75) is 33.1 Å². The summed E-state index contributed by atoms with van der Waals surface area (Å²) in [5.41, 5.74) is 0. The molecule has 0 spiro atoms. The van der Waals surface area contributed by atoms with Crippen LogP contribution in [0.2, 0.25) is 0 Å². The fourth-order valence-corrected chi connectivity index (χ4v) is 3.16. The Labute approximate surface area is 116 Å². The Balaban J connectivity index is 1.65. The van der Waals surface area contributed by atoms with Crippen molar-refractivity contribution in [2.75, 3.05) is 39.5 Å². The number of hydrogen-bond acceptors (Lipinski definition) is 4. The molecular formula is C15H27NO3. The van der Waals surface area contributed by atoms with Gasteiger partial charge in [-0.15, -0.1) is 0 Å². The Morgan fingerprint density at radius 2 is 2.00 bits per heavy atom. The predicted octanol–water partition coefficient (Wildman–Crippen LogP) is 1.93. The monoisotopic (exact) mass is 269 g/mol. The summed E-state index contributed by atoms with van der Waals surface area (Å²) in [6.45, 7) is 8.76. The van der Waals surface area contributed by atoms with Crippen molar-refractivity contribution in [2.24, 2.45) is 17.8 Å². The van der Waals surface area contributed by atoms with Gasteiger partial charge in [0.2, 0.25) is 0 Å². The second-order valence-corrected chi connectivity index (χ2v) is 6.23. The van der Waals surface area contributed by atoms with Gasteiger partial charge in [-0.3, -0.25) is 9.69 Å². The van der Waals surface area contributed by atoms with Gasteiger partial charge >= 0.3 is 5.97 Å². The van der Waals surface area contributed by atoms with Gasteiger partial charge < -0.3 is 9.47 Å². The largest absolute Gasteiger partial charge is 0.464 e. The minimum atomic E-state index is -0.0762. The molecule has 3 atom stereocenters. The van der Waals surface area contributed by atoms with Crippen molar-refractivity contribution in [3.63, 3.8) is 0 Å². The van der Waals surface area contributed by atoms with Gasteiger partial charge in [-0.2, -0.15) is 0 Å². The molecule has 110 valence electrons. The molecule has 1 saturated carbocycles. The number of carbonyl (C=O) groups is 1. The Morgan fingerprint density at radius 3 is 2.68 bits per heavy atom. The zero-order valence-electron chi connectivity index (χ0n) is 12.3. The maximum atomic E-state index is 11.8. The highest BCUT2D eigenvalue weighted by molar-refractivity contribution is 5.71. The molecule has 4 heteroatoms. The molecule has 0 N–H and O–H groups in total. The lowest BCUT2D eigenvalue weighted by atomic mass is 9.76. The number of carbonyl (C=O) groups excluding carboxylic acids is 1. The second-order valence-electron chi connectivity index (χ2n) is 6.23. The van der Waals surface area contributed by atoms with Crippen molar-refractivity contribution < 1.29 is 14.3 Å². The Kier molecular flexibility index (Phi) is 5.64. The molecule has 0 aromatic heterocycles. The first kappa shape index (κ1) is 14.8. The quantitative estimate of drug-likeness (QED) is 0.731. The van der Waals surface area contributed by atoms with E-state index < -0.39 is 0 Å². The van der Waals surface area contributed by atoms with E-state index in [2.05, 4.69) is 18.7 Å². The van der Waals surface area contributed by atoms with Crippen molar-refractivity contribution in [1.29, 1.82) is 0 Å². The van der Waals surface area contributed by atoms with Crippen LogP contribution in [0.3, 0.4) is 0 Å². The molecule has 1 aliphatic heterocycles. The van der Waals surface area contributed by atoms with E-state index in [0.717, 1.165) is 32.2 Å². The highest BCUT2D eigenvalue weighted by Crippen LogP contribution is 2.33. The van der Waals surface area contributed by atoms with Crippen LogP contribution in [-0.2, 0) is 14.3 Å². The average molecular weight is 269 g/mol. The van der Waals surface area contributed by atoms with Crippen LogP contribution in [0.1, 0.15) is 33.1 Å². The van der Waals surface area contributed by atoms with Crippen LogP contribution >= 0.6 is 0 Å². The van der Waals surface area contributed by atoms with Gasteiger partial charge in [0.1, 0.15) is 0 Å². The maximum absolute atomic E-state index is 11.8. The van der Waals surface area contributed by atoms with Crippen LogP contribution in [0.15, 0.2) is 0 Å². The minimum absolute atomic E-state index is 0.0762. The van der Waals surface area contributed by atoms with Crippen LogP contribution in [0.25, 0.3) is 0 Å². The third-order valence-electron chi connectivity index (χ3n) is 4.52. The van der Waals surface area contributed by atoms with Crippen molar-refractivity contribution in [3.8, 4) is 0 Å². The normalized spacial score (nSPS) is 33.1. The molecule has 19 heavy (non-hydrogen) atoms. The van der Waals surface area contributed by atoms with E-state index in [0.29, 0.717) is 25.0 Å². The molecule has 1 heterocycles. The lowest BCUT2D eigenvalue weighted by Crippen LogP contribution is -2.40. The molecule has 0 aromatic carbocycles. The summed E-state index contributed by atoms with van der Waals surface area (Å²) in [5, 5.41) is 0. The number of rotatable bonds is 4. The summed E-state index contributed by atoms with van der Waals surface area (Å²) in [6.07, 6.45) is 3.74.